The van der Waals surface area contributed by atoms with Crippen LogP contribution < -0.4 is 0 Å². The van der Waals surface area contributed by atoms with Gasteiger partial charge in [-0.15, -0.1) is 0 Å². The number of aromatic nitrogens is 4. The van der Waals surface area contributed by atoms with Crippen molar-refractivity contribution in [1.29, 1.82) is 0 Å². The number of benzene rings is 1. The molecule has 0 bridgehead atoms. The number of imidazole rings is 1. The highest BCUT2D eigenvalue weighted by Gasteiger charge is 2.25. The average molecular weight is 431 g/mol. The first-order chi connectivity index (χ1) is 15.5. The number of hydrogen-bond donors (Lipinski definition) is 1. The van der Waals surface area contributed by atoms with E-state index in [4.69, 9.17) is 14.2 Å². The van der Waals surface area contributed by atoms with Gasteiger partial charge in [0.25, 0.3) is 5.91 Å². The van der Waals surface area contributed by atoms with Gasteiger partial charge in [0.15, 0.2) is 5.82 Å². The third-order valence-electron chi connectivity index (χ3n) is 5.79. The molecule has 0 radical (unpaired) electrons. The van der Waals surface area contributed by atoms with Gasteiger partial charge in [-0.1, -0.05) is 17.3 Å². The van der Waals surface area contributed by atoms with Crippen molar-refractivity contribution >= 4 is 28.6 Å². The molecule has 0 atom stereocenters. The van der Waals surface area contributed by atoms with Crippen LogP contribution in [-0.4, -0.2) is 56.8 Å². The SMILES string of the molecule is Cc1cc(-n2c(C)cc(C=C(C(=O)N3CCOCC3)c3nc4ccccc4[nH]3)c2C)no1. The fourth-order valence-corrected chi connectivity index (χ4v) is 4.15. The maximum absolute atomic E-state index is 13.6. The molecule has 1 aromatic carbocycles. The summed E-state index contributed by atoms with van der Waals surface area (Å²) in [5, 5.41) is 4.16. The molecule has 1 N–H and O–H groups in total. The van der Waals surface area contributed by atoms with Crippen LogP contribution in [0.15, 0.2) is 40.9 Å². The van der Waals surface area contributed by atoms with E-state index < -0.39 is 0 Å². The molecule has 0 aliphatic carbocycles. The second-order valence-corrected chi connectivity index (χ2v) is 8.02. The maximum Gasteiger partial charge on any atom is 0.257 e. The number of nitrogens with zero attached hydrogens (tertiary/aromatic N) is 4. The standard InChI is InChI=1S/C24H25N5O3/c1-15-12-18(17(3)29(15)22-13-16(2)32-27-22)14-19(24(30)28-8-10-31-11-9-28)23-25-20-6-4-5-7-21(20)26-23/h4-7,12-14H,8-11H2,1-3H3,(H,25,26). The number of para-hydroxylation sites is 2. The summed E-state index contributed by atoms with van der Waals surface area (Å²) in [5.74, 6) is 1.97. The fraction of sp³-hybridized carbons (Fsp3) is 0.292. The molecule has 1 fully saturated rings. The lowest BCUT2D eigenvalue weighted by atomic mass is 10.1. The Balaban J connectivity index is 1.62. The van der Waals surface area contributed by atoms with Crippen molar-refractivity contribution in [1.82, 2.24) is 24.6 Å². The summed E-state index contributed by atoms with van der Waals surface area (Å²) in [7, 11) is 0. The lowest BCUT2D eigenvalue weighted by Gasteiger charge is -2.27. The molecule has 1 aliphatic rings. The zero-order valence-corrected chi connectivity index (χ0v) is 18.4. The first-order valence-electron chi connectivity index (χ1n) is 10.7. The smallest absolute Gasteiger partial charge is 0.257 e. The van der Waals surface area contributed by atoms with Crippen molar-refractivity contribution in [3.63, 3.8) is 0 Å². The van der Waals surface area contributed by atoms with Crippen LogP contribution in [0.3, 0.4) is 0 Å². The van der Waals surface area contributed by atoms with E-state index in [0.717, 1.165) is 39.6 Å². The third kappa shape index (κ3) is 3.62. The number of H-pyrrole nitrogens is 1. The summed E-state index contributed by atoms with van der Waals surface area (Å²) in [6.45, 7) is 8.10. The van der Waals surface area contributed by atoms with Crippen molar-refractivity contribution in [2.75, 3.05) is 26.3 Å². The molecule has 0 saturated carbocycles. The molecule has 1 amide bonds. The lowest BCUT2D eigenvalue weighted by molar-refractivity contribution is -0.128. The number of aromatic amines is 1. The second-order valence-electron chi connectivity index (χ2n) is 8.02. The largest absolute Gasteiger partial charge is 0.378 e. The molecule has 1 saturated heterocycles. The number of rotatable bonds is 4. The summed E-state index contributed by atoms with van der Waals surface area (Å²) in [6, 6.07) is 11.7. The van der Waals surface area contributed by atoms with E-state index in [2.05, 4.69) is 16.2 Å². The quantitative estimate of drug-likeness (QED) is 0.498. The van der Waals surface area contributed by atoms with Crippen LogP contribution in [0.25, 0.3) is 28.5 Å². The van der Waals surface area contributed by atoms with Gasteiger partial charge in [-0.2, -0.15) is 0 Å². The van der Waals surface area contributed by atoms with Crippen LogP contribution in [0.5, 0.6) is 0 Å². The molecular formula is C24H25N5O3. The van der Waals surface area contributed by atoms with E-state index in [0.29, 0.717) is 37.7 Å². The summed E-state index contributed by atoms with van der Waals surface area (Å²) >= 11 is 0. The minimum Gasteiger partial charge on any atom is -0.378 e. The van der Waals surface area contributed by atoms with Crippen LogP contribution in [0.4, 0.5) is 0 Å². The van der Waals surface area contributed by atoms with Gasteiger partial charge >= 0.3 is 0 Å². The molecule has 5 rings (SSSR count). The molecule has 0 spiro atoms. The van der Waals surface area contributed by atoms with E-state index >= 15 is 0 Å². The minimum absolute atomic E-state index is 0.0607. The molecule has 3 aromatic heterocycles. The van der Waals surface area contributed by atoms with Crippen molar-refractivity contribution < 1.29 is 14.1 Å². The van der Waals surface area contributed by atoms with E-state index in [1.54, 1.807) is 0 Å². The van der Waals surface area contributed by atoms with Crippen molar-refractivity contribution in [2.24, 2.45) is 0 Å². The van der Waals surface area contributed by atoms with Crippen LogP contribution in [0.2, 0.25) is 0 Å². The number of amides is 1. The summed E-state index contributed by atoms with van der Waals surface area (Å²) < 4.78 is 12.7. The van der Waals surface area contributed by atoms with Crippen LogP contribution in [0.1, 0.15) is 28.5 Å². The number of aryl methyl sites for hydroxylation is 2. The number of carbonyl (C=O) groups excluding carboxylic acids is 1. The highest BCUT2D eigenvalue weighted by molar-refractivity contribution is 6.23. The van der Waals surface area contributed by atoms with Crippen molar-refractivity contribution in [3.8, 4) is 5.82 Å². The normalized spacial score (nSPS) is 15.0. The van der Waals surface area contributed by atoms with Gasteiger partial charge in [0.1, 0.15) is 11.6 Å². The topological polar surface area (TPSA) is 89.2 Å². The van der Waals surface area contributed by atoms with Crippen LogP contribution >= 0.6 is 0 Å². The number of morpholine rings is 1. The highest BCUT2D eigenvalue weighted by Crippen LogP contribution is 2.27. The molecule has 1 aliphatic heterocycles. The zero-order chi connectivity index (χ0) is 22.2. The Morgan fingerprint density at radius 3 is 2.62 bits per heavy atom. The van der Waals surface area contributed by atoms with Gasteiger partial charge in [-0.05, 0) is 50.6 Å². The average Bonchev–Trinajstić information content (AvgIpc) is 3.49. The van der Waals surface area contributed by atoms with Gasteiger partial charge in [0.05, 0.1) is 29.8 Å². The number of carbonyl (C=O) groups is 1. The first kappa shape index (κ1) is 20.3. The van der Waals surface area contributed by atoms with Crippen molar-refractivity contribution in [3.05, 3.63) is 64.9 Å². The van der Waals surface area contributed by atoms with Gasteiger partial charge < -0.3 is 19.1 Å². The number of ether oxygens (including phenoxy) is 1. The summed E-state index contributed by atoms with van der Waals surface area (Å²) in [5.41, 5.74) is 5.15. The second kappa shape index (κ2) is 8.12. The van der Waals surface area contributed by atoms with Crippen LogP contribution in [0, 0.1) is 20.8 Å². The predicted octanol–water partition coefficient (Wildman–Crippen LogP) is 3.67. The Hall–Kier alpha value is -3.65. The van der Waals surface area contributed by atoms with Gasteiger partial charge in [0.2, 0.25) is 0 Å². The molecule has 0 unspecified atom stereocenters. The molecule has 4 heterocycles. The molecular weight excluding hydrogens is 406 g/mol. The summed E-state index contributed by atoms with van der Waals surface area (Å²) in [4.78, 5) is 23.4. The predicted molar refractivity (Wildman–Crippen MR) is 121 cm³/mol. The minimum atomic E-state index is -0.0607. The Morgan fingerprint density at radius 2 is 1.91 bits per heavy atom. The first-order valence-corrected chi connectivity index (χ1v) is 10.7. The molecule has 8 nitrogen and oxygen atoms in total. The number of hydrogen-bond acceptors (Lipinski definition) is 5. The molecule has 32 heavy (non-hydrogen) atoms. The van der Waals surface area contributed by atoms with Gasteiger partial charge in [0, 0.05) is 30.5 Å². The van der Waals surface area contributed by atoms with E-state index in [9.17, 15) is 4.79 Å². The van der Waals surface area contributed by atoms with Crippen LogP contribution in [-0.2, 0) is 9.53 Å². The monoisotopic (exact) mass is 431 g/mol. The van der Waals surface area contributed by atoms with E-state index in [1.807, 2.05) is 66.6 Å². The summed E-state index contributed by atoms with van der Waals surface area (Å²) in [6.07, 6.45) is 1.92. The lowest BCUT2D eigenvalue weighted by Crippen LogP contribution is -2.41. The fourth-order valence-electron chi connectivity index (χ4n) is 4.15. The van der Waals surface area contributed by atoms with Gasteiger partial charge in [-0.3, -0.25) is 9.36 Å². The highest BCUT2D eigenvalue weighted by atomic mass is 16.5. The van der Waals surface area contributed by atoms with Gasteiger partial charge in [-0.25, -0.2) is 4.98 Å². The zero-order valence-electron chi connectivity index (χ0n) is 18.4. The van der Waals surface area contributed by atoms with Crippen molar-refractivity contribution in [2.45, 2.75) is 20.8 Å². The number of fused-ring (bicyclic) bond motifs is 1. The van der Waals surface area contributed by atoms with E-state index in [1.165, 1.54) is 0 Å². The third-order valence-corrected chi connectivity index (χ3v) is 5.79. The Labute approximate surface area is 185 Å². The Morgan fingerprint density at radius 1 is 1.12 bits per heavy atom. The molecule has 164 valence electrons. The molecule has 4 aromatic rings. The number of nitrogens with one attached hydrogen (secondary N) is 1. The Bertz CT molecular complexity index is 1290. The maximum atomic E-state index is 13.6. The molecule has 8 heteroatoms. The Kier molecular flexibility index (Phi) is 5.14. The van der Waals surface area contributed by atoms with E-state index in [-0.39, 0.29) is 5.91 Å².